The number of nitrogens with two attached hydrogens (primary N) is 1. The number of nitrogens with one attached hydrogen (secondary N) is 1. The van der Waals surface area contributed by atoms with Gasteiger partial charge >= 0.3 is 0 Å². The van der Waals surface area contributed by atoms with Crippen LogP contribution < -0.4 is 19.9 Å². The summed E-state index contributed by atoms with van der Waals surface area (Å²) in [6, 6.07) is 10.5. The van der Waals surface area contributed by atoms with Crippen molar-refractivity contribution in [2.24, 2.45) is 11.7 Å². The lowest BCUT2D eigenvalue weighted by Gasteiger charge is -2.24. The third-order valence-corrected chi connectivity index (χ3v) is 5.99. The predicted molar refractivity (Wildman–Crippen MR) is 105 cm³/mol. The van der Waals surface area contributed by atoms with Gasteiger partial charge in [-0.05, 0) is 47.9 Å². The summed E-state index contributed by atoms with van der Waals surface area (Å²) in [7, 11) is -3.80. The highest BCUT2D eigenvalue weighted by Gasteiger charge is 2.25. The molecule has 0 unspecified atom stereocenters. The number of sulfonamides is 1. The van der Waals surface area contributed by atoms with E-state index in [1.807, 2.05) is 26.0 Å². The van der Waals surface area contributed by atoms with Crippen LogP contribution in [0.15, 0.2) is 47.4 Å². The maximum Gasteiger partial charge on any atom is 0.248 e. The van der Waals surface area contributed by atoms with E-state index in [2.05, 4.69) is 4.72 Å². The Morgan fingerprint density at radius 1 is 1.04 bits per heavy atom. The molecule has 150 valence electrons. The minimum Gasteiger partial charge on any atom is -0.490 e. The van der Waals surface area contributed by atoms with Crippen molar-refractivity contribution in [1.29, 1.82) is 0 Å². The molecule has 0 bridgehead atoms. The van der Waals surface area contributed by atoms with Crippen molar-refractivity contribution in [2.45, 2.75) is 31.2 Å². The van der Waals surface area contributed by atoms with E-state index < -0.39 is 22.0 Å². The van der Waals surface area contributed by atoms with Gasteiger partial charge in [0.2, 0.25) is 15.9 Å². The summed E-state index contributed by atoms with van der Waals surface area (Å²) < 4.78 is 39.8. The summed E-state index contributed by atoms with van der Waals surface area (Å²) in [6.45, 7) is 5.02. The third-order valence-electron chi connectivity index (χ3n) is 4.53. The number of primary amides is 1. The van der Waals surface area contributed by atoms with Gasteiger partial charge in [-0.2, -0.15) is 0 Å². The van der Waals surface area contributed by atoms with E-state index in [0.29, 0.717) is 24.7 Å². The number of carbonyl (C=O) groups excluding carboxylic acids is 1. The van der Waals surface area contributed by atoms with Gasteiger partial charge in [0.15, 0.2) is 11.5 Å². The van der Waals surface area contributed by atoms with Crippen molar-refractivity contribution in [3.05, 3.63) is 53.6 Å². The Bertz CT molecular complexity index is 955. The van der Waals surface area contributed by atoms with E-state index in [1.165, 1.54) is 24.3 Å². The van der Waals surface area contributed by atoms with E-state index in [1.54, 1.807) is 6.07 Å². The Balaban J connectivity index is 1.88. The number of benzene rings is 2. The number of rotatable bonds is 6. The van der Waals surface area contributed by atoms with Crippen LogP contribution in [0.3, 0.4) is 0 Å². The summed E-state index contributed by atoms with van der Waals surface area (Å²) in [5.41, 5.74) is 6.25. The average Bonchev–Trinajstić information content (AvgIpc) is 2.90. The van der Waals surface area contributed by atoms with Crippen LogP contribution in [0.25, 0.3) is 0 Å². The quantitative estimate of drug-likeness (QED) is 0.769. The van der Waals surface area contributed by atoms with Crippen LogP contribution in [0.4, 0.5) is 0 Å². The molecule has 2 aromatic rings. The number of fused-ring (bicyclic) bond motifs is 1. The molecule has 3 N–H and O–H groups in total. The molecule has 7 nitrogen and oxygen atoms in total. The van der Waals surface area contributed by atoms with Gasteiger partial charge in [-0.1, -0.05) is 19.9 Å². The molecule has 0 spiro atoms. The van der Waals surface area contributed by atoms with Crippen LogP contribution in [-0.2, 0) is 10.0 Å². The second-order valence-corrected chi connectivity index (χ2v) is 8.70. The molecule has 1 aliphatic heterocycles. The van der Waals surface area contributed by atoms with Crippen LogP contribution in [0.1, 0.15) is 42.2 Å². The fraction of sp³-hybridized carbons (Fsp3) is 0.350. The maximum absolute atomic E-state index is 12.9. The highest BCUT2D eigenvalue weighted by molar-refractivity contribution is 7.89. The molecule has 1 aliphatic rings. The van der Waals surface area contributed by atoms with E-state index in [0.717, 1.165) is 12.0 Å². The fourth-order valence-corrected chi connectivity index (χ4v) is 4.37. The first-order valence-electron chi connectivity index (χ1n) is 9.09. The van der Waals surface area contributed by atoms with Gasteiger partial charge in [-0.15, -0.1) is 0 Å². The Morgan fingerprint density at radius 2 is 1.68 bits per heavy atom. The lowest BCUT2D eigenvalue weighted by atomic mass is 9.97. The molecule has 8 heteroatoms. The zero-order valence-corrected chi connectivity index (χ0v) is 16.7. The standard InChI is InChI=1S/C20H24N2O5S/c1-13(2)19(15-6-9-17-18(12-15)27-11-3-10-26-17)22-28(24,25)16-7-4-14(5-8-16)20(21)23/h4-9,12-13,19,22H,3,10-11H2,1-2H3,(H2,21,23)/t19-/m0/s1. The smallest absolute Gasteiger partial charge is 0.248 e. The summed E-state index contributed by atoms with van der Waals surface area (Å²) in [6.07, 6.45) is 0.797. The topological polar surface area (TPSA) is 108 Å². The van der Waals surface area contributed by atoms with Crippen molar-refractivity contribution >= 4 is 15.9 Å². The molecule has 3 rings (SSSR count). The molecule has 0 radical (unpaired) electrons. The molecule has 1 amide bonds. The summed E-state index contributed by atoms with van der Waals surface area (Å²) >= 11 is 0. The molecular weight excluding hydrogens is 380 g/mol. The monoisotopic (exact) mass is 404 g/mol. The van der Waals surface area contributed by atoms with Crippen molar-refractivity contribution in [3.8, 4) is 11.5 Å². The SMILES string of the molecule is CC(C)[C@H](NS(=O)(=O)c1ccc(C(N)=O)cc1)c1ccc2c(c1)OCCCO2. The van der Waals surface area contributed by atoms with Crippen LogP contribution in [0.5, 0.6) is 11.5 Å². The number of hydrogen-bond donors (Lipinski definition) is 2. The van der Waals surface area contributed by atoms with Crippen LogP contribution in [0, 0.1) is 5.92 Å². The highest BCUT2D eigenvalue weighted by atomic mass is 32.2. The number of hydrogen-bond acceptors (Lipinski definition) is 5. The molecule has 2 aromatic carbocycles. The molecule has 0 saturated carbocycles. The molecule has 0 saturated heterocycles. The number of carbonyl (C=O) groups is 1. The van der Waals surface area contributed by atoms with E-state index in [9.17, 15) is 13.2 Å². The second kappa shape index (κ2) is 8.20. The first kappa shape index (κ1) is 20.2. The molecule has 28 heavy (non-hydrogen) atoms. The normalized spacial score (nSPS) is 15.1. The van der Waals surface area contributed by atoms with Crippen LogP contribution >= 0.6 is 0 Å². The largest absolute Gasteiger partial charge is 0.490 e. The van der Waals surface area contributed by atoms with Gasteiger partial charge in [0.1, 0.15) is 0 Å². The van der Waals surface area contributed by atoms with E-state index >= 15 is 0 Å². The average molecular weight is 404 g/mol. The molecule has 0 aromatic heterocycles. The van der Waals surface area contributed by atoms with Crippen molar-refractivity contribution in [3.63, 3.8) is 0 Å². The van der Waals surface area contributed by atoms with Crippen molar-refractivity contribution < 1.29 is 22.7 Å². The third kappa shape index (κ3) is 4.45. The Morgan fingerprint density at radius 3 is 2.29 bits per heavy atom. The summed E-state index contributed by atoms with van der Waals surface area (Å²) in [5, 5.41) is 0. The van der Waals surface area contributed by atoms with Crippen molar-refractivity contribution in [1.82, 2.24) is 4.72 Å². The lowest BCUT2D eigenvalue weighted by Crippen LogP contribution is -2.32. The van der Waals surface area contributed by atoms with Gasteiger partial charge in [-0.3, -0.25) is 4.79 Å². The number of amides is 1. The fourth-order valence-electron chi connectivity index (χ4n) is 3.00. The maximum atomic E-state index is 12.9. The molecular formula is C20H24N2O5S. The molecule has 1 heterocycles. The second-order valence-electron chi connectivity index (χ2n) is 6.99. The Labute approximate surface area is 164 Å². The van der Waals surface area contributed by atoms with Crippen molar-refractivity contribution in [2.75, 3.05) is 13.2 Å². The molecule has 0 fully saturated rings. The highest BCUT2D eigenvalue weighted by Crippen LogP contribution is 2.34. The van der Waals surface area contributed by atoms with Gasteiger partial charge in [0, 0.05) is 18.0 Å². The van der Waals surface area contributed by atoms with Gasteiger partial charge in [-0.25, -0.2) is 13.1 Å². The first-order chi connectivity index (χ1) is 13.3. The molecule has 1 atom stereocenters. The summed E-state index contributed by atoms with van der Waals surface area (Å²) in [5.74, 6) is 0.660. The van der Waals surface area contributed by atoms with Crippen LogP contribution in [-0.4, -0.2) is 27.5 Å². The molecule has 0 aliphatic carbocycles. The van der Waals surface area contributed by atoms with E-state index in [4.69, 9.17) is 15.2 Å². The zero-order chi connectivity index (χ0) is 20.3. The zero-order valence-electron chi connectivity index (χ0n) is 15.8. The minimum atomic E-state index is -3.80. The summed E-state index contributed by atoms with van der Waals surface area (Å²) in [4.78, 5) is 11.3. The van der Waals surface area contributed by atoms with Crippen LogP contribution in [0.2, 0.25) is 0 Å². The van der Waals surface area contributed by atoms with Gasteiger partial charge in [0.05, 0.1) is 18.1 Å². The first-order valence-corrected chi connectivity index (χ1v) is 10.6. The van der Waals surface area contributed by atoms with Gasteiger partial charge < -0.3 is 15.2 Å². The number of ether oxygens (including phenoxy) is 2. The lowest BCUT2D eigenvalue weighted by molar-refractivity contribution is 0.1000. The Kier molecular flexibility index (Phi) is 5.90. The predicted octanol–water partition coefficient (Wildman–Crippen LogP) is 2.62. The minimum absolute atomic E-state index is 0.00980. The Hall–Kier alpha value is -2.58. The van der Waals surface area contributed by atoms with E-state index in [-0.39, 0.29) is 16.4 Å². The van der Waals surface area contributed by atoms with Gasteiger partial charge in [0.25, 0.3) is 0 Å².